The highest BCUT2D eigenvalue weighted by Gasteiger charge is 2.42. The molecule has 2 rings (SSSR count). The fourth-order valence-electron chi connectivity index (χ4n) is 2.64. The van der Waals surface area contributed by atoms with Crippen LogP contribution in [0.3, 0.4) is 0 Å². The minimum absolute atomic E-state index is 0.0625. The SMILES string of the molecule is COCCCN1C(=O)C(O)=C(C(C)=O)[C@H]1c1ccccc1F. The van der Waals surface area contributed by atoms with Crippen LogP contribution < -0.4 is 0 Å². The number of aliphatic hydroxyl groups is 1. The minimum atomic E-state index is -0.900. The van der Waals surface area contributed by atoms with Crippen molar-refractivity contribution in [2.75, 3.05) is 20.3 Å². The molecule has 22 heavy (non-hydrogen) atoms. The second-order valence-corrected chi connectivity index (χ2v) is 5.09. The molecular weight excluding hydrogens is 289 g/mol. The molecule has 0 spiro atoms. The number of aliphatic hydroxyl groups excluding tert-OH is 1. The van der Waals surface area contributed by atoms with Gasteiger partial charge in [0.1, 0.15) is 5.82 Å². The molecule has 1 aliphatic heterocycles. The van der Waals surface area contributed by atoms with Crippen LogP contribution in [0.4, 0.5) is 4.39 Å². The summed E-state index contributed by atoms with van der Waals surface area (Å²) in [6.07, 6.45) is 0.520. The van der Waals surface area contributed by atoms with Gasteiger partial charge in [0, 0.05) is 25.8 Å². The summed E-state index contributed by atoms with van der Waals surface area (Å²) in [7, 11) is 1.54. The van der Waals surface area contributed by atoms with E-state index in [0.29, 0.717) is 13.0 Å². The van der Waals surface area contributed by atoms with Gasteiger partial charge in [-0.2, -0.15) is 0 Å². The third-order valence-electron chi connectivity index (χ3n) is 3.63. The predicted molar refractivity (Wildman–Crippen MR) is 77.7 cm³/mol. The van der Waals surface area contributed by atoms with Crippen LogP contribution in [-0.2, 0) is 14.3 Å². The van der Waals surface area contributed by atoms with Crippen molar-refractivity contribution in [2.24, 2.45) is 0 Å². The van der Waals surface area contributed by atoms with Crippen LogP contribution in [0.1, 0.15) is 24.9 Å². The number of amides is 1. The molecule has 0 aromatic heterocycles. The smallest absolute Gasteiger partial charge is 0.290 e. The van der Waals surface area contributed by atoms with Gasteiger partial charge in [-0.25, -0.2) is 4.39 Å². The summed E-state index contributed by atoms with van der Waals surface area (Å²) in [5.41, 5.74) is 0.134. The summed E-state index contributed by atoms with van der Waals surface area (Å²) < 4.78 is 19.1. The number of Topliss-reactive ketones (excluding diaryl/α,β-unsaturated/α-hetero) is 1. The van der Waals surface area contributed by atoms with Crippen LogP contribution in [0.15, 0.2) is 35.6 Å². The number of carbonyl (C=O) groups is 2. The van der Waals surface area contributed by atoms with Gasteiger partial charge in [0.05, 0.1) is 11.6 Å². The number of ketones is 1. The predicted octanol–water partition coefficient (Wildman–Crippen LogP) is 2.15. The third kappa shape index (κ3) is 2.87. The summed E-state index contributed by atoms with van der Waals surface area (Å²) in [6, 6.07) is 5.03. The molecule has 1 aromatic carbocycles. The Kier molecular flexibility index (Phi) is 4.92. The Balaban J connectivity index is 2.44. The zero-order valence-electron chi connectivity index (χ0n) is 12.5. The first kappa shape index (κ1) is 16.2. The van der Waals surface area contributed by atoms with Gasteiger partial charge >= 0.3 is 0 Å². The highest BCUT2D eigenvalue weighted by Crippen LogP contribution is 2.38. The molecule has 0 saturated carbocycles. The number of ether oxygens (including phenoxy) is 1. The molecule has 0 radical (unpaired) electrons. The molecule has 1 N–H and O–H groups in total. The molecule has 1 heterocycles. The number of benzene rings is 1. The van der Waals surface area contributed by atoms with Crippen molar-refractivity contribution in [1.82, 2.24) is 4.90 Å². The van der Waals surface area contributed by atoms with Crippen molar-refractivity contribution in [3.63, 3.8) is 0 Å². The molecule has 1 aromatic rings. The van der Waals surface area contributed by atoms with Crippen molar-refractivity contribution in [2.45, 2.75) is 19.4 Å². The van der Waals surface area contributed by atoms with Gasteiger partial charge in [-0.3, -0.25) is 9.59 Å². The number of hydrogen-bond donors (Lipinski definition) is 1. The van der Waals surface area contributed by atoms with Gasteiger partial charge in [-0.1, -0.05) is 18.2 Å². The molecule has 0 saturated heterocycles. The monoisotopic (exact) mass is 307 g/mol. The van der Waals surface area contributed by atoms with Gasteiger partial charge in [0.15, 0.2) is 11.5 Å². The Morgan fingerprint density at radius 3 is 2.68 bits per heavy atom. The standard InChI is InChI=1S/C16H18FNO4/c1-10(19)13-14(11-6-3-4-7-12(11)17)18(8-5-9-22-2)16(21)15(13)20/h3-4,6-7,14,20H,5,8-9H2,1-2H3/t14-/m1/s1. The molecular formula is C16H18FNO4. The van der Waals surface area contributed by atoms with E-state index in [1.54, 1.807) is 6.07 Å². The van der Waals surface area contributed by atoms with E-state index in [9.17, 15) is 19.1 Å². The summed E-state index contributed by atoms with van der Waals surface area (Å²) in [5.74, 6) is -2.23. The van der Waals surface area contributed by atoms with E-state index in [1.165, 1.54) is 37.1 Å². The molecule has 5 nitrogen and oxygen atoms in total. The average Bonchev–Trinajstić information content (AvgIpc) is 2.73. The summed E-state index contributed by atoms with van der Waals surface area (Å²) >= 11 is 0. The maximum atomic E-state index is 14.1. The zero-order valence-corrected chi connectivity index (χ0v) is 12.5. The number of methoxy groups -OCH3 is 1. The first-order valence-electron chi connectivity index (χ1n) is 6.97. The Morgan fingerprint density at radius 1 is 1.41 bits per heavy atom. The topological polar surface area (TPSA) is 66.8 Å². The van der Waals surface area contributed by atoms with Gasteiger partial charge in [-0.15, -0.1) is 0 Å². The van der Waals surface area contributed by atoms with Crippen LogP contribution in [-0.4, -0.2) is 42.0 Å². The summed E-state index contributed by atoms with van der Waals surface area (Å²) in [4.78, 5) is 25.3. The lowest BCUT2D eigenvalue weighted by Crippen LogP contribution is -2.32. The minimum Gasteiger partial charge on any atom is -0.503 e. The number of rotatable bonds is 6. The number of nitrogens with zero attached hydrogens (tertiary/aromatic N) is 1. The Morgan fingerprint density at radius 2 is 2.09 bits per heavy atom. The van der Waals surface area contributed by atoms with Gasteiger partial charge in [-0.05, 0) is 19.4 Å². The Bertz CT molecular complexity index is 626. The van der Waals surface area contributed by atoms with E-state index < -0.39 is 29.3 Å². The van der Waals surface area contributed by atoms with Crippen molar-refractivity contribution in [3.05, 3.63) is 47.0 Å². The highest BCUT2D eigenvalue weighted by molar-refractivity contribution is 6.08. The van der Waals surface area contributed by atoms with E-state index in [-0.39, 0.29) is 17.7 Å². The molecule has 118 valence electrons. The Labute approximate surface area is 128 Å². The maximum Gasteiger partial charge on any atom is 0.290 e. The number of carbonyl (C=O) groups excluding carboxylic acids is 2. The lowest BCUT2D eigenvalue weighted by Gasteiger charge is -2.26. The molecule has 1 aliphatic rings. The summed E-state index contributed by atoms with van der Waals surface area (Å²) in [6.45, 7) is 1.93. The number of halogens is 1. The highest BCUT2D eigenvalue weighted by atomic mass is 19.1. The second-order valence-electron chi connectivity index (χ2n) is 5.09. The molecule has 0 bridgehead atoms. The van der Waals surface area contributed by atoms with Crippen LogP contribution in [0.5, 0.6) is 0 Å². The van der Waals surface area contributed by atoms with E-state index >= 15 is 0 Å². The fourth-order valence-corrected chi connectivity index (χ4v) is 2.64. The first-order chi connectivity index (χ1) is 10.5. The van der Waals surface area contributed by atoms with E-state index in [1.807, 2.05) is 0 Å². The summed E-state index contributed by atoms with van der Waals surface area (Å²) in [5, 5.41) is 9.99. The van der Waals surface area contributed by atoms with Gasteiger partial charge in [0.2, 0.25) is 0 Å². The second kappa shape index (κ2) is 6.70. The van der Waals surface area contributed by atoms with Crippen LogP contribution in [0.2, 0.25) is 0 Å². The maximum absolute atomic E-state index is 14.1. The van der Waals surface area contributed by atoms with Crippen molar-refractivity contribution >= 4 is 11.7 Å². The van der Waals surface area contributed by atoms with Crippen LogP contribution in [0, 0.1) is 5.82 Å². The van der Waals surface area contributed by atoms with Crippen molar-refractivity contribution in [3.8, 4) is 0 Å². The normalized spacial score (nSPS) is 18.2. The molecule has 1 amide bonds. The molecule has 6 heteroatoms. The quantitative estimate of drug-likeness (QED) is 0.818. The van der Waals surface area contributed by atoms with Crippen molar-refractivity contribution in [1.29, 1.82) is 0 Å². The Hall–Kier alpha value is -2.21. The molecule has 0 unspecified atom stereocenters. The lowest BCUT2D eigenvalue weighted by molar-refractivity contribution is -0.129. The van der Waals surface area contributed by atoms with E-state index in [0.717, 1.165) is 0 Å². The molecule has 1 atom stereocenters. The largest absolute Gasteiger partial charge is 0.503 e. The van der Waals surface area contributed by atoms with E-state index in [2.05, 4.69) is 0 Å². The molecule has 0 fully saturated rings. The first-order valence-corrected chi connectivity index (χ1v) is 6.97. The lowest BCUT2D eigenvalue weighted by atomic mass is 9.96. The van der Waals surface area contributed by atoms with Gasteiger partial charge < -0.3 is 14.7 Å². The zero-order chi connectivity index (χ0) is 16.3. The van der Waals surface area contributed by atoms with Crippen LogP contribution in [0.25, 0.3) is 0 Å². The fraction of sp³-hybridized carbons (Fsp3) is 0.375. The third-order valence-corrected chi connectivity index (χ3v) is 3.63. The van der Waals surface area contributed by atoms with E-state index in [4.69, 9.17) is 4.74 Å². The van der Waals surface area contributed by atoms with Crippen molar-refractivity contribution < 1.29 is 23.8 Å². The molecule has 0 aliphatic carbocycles. The van der Waals surface area contributed by atoms with Gasteiger partial charge in [0.25, 0.3) is 5.91 Å². The van der Waals surface area contributed by atoms with Crippen LogP contribution >= 0.6 is 0 Å². The number of hydrogen-bond acceptors (Lipinski definition) is 4. The average molecular weight is 307 g/mol.